The van der Waals surface area contributed by atoms with Crippen LogP contribution in [0.1, 0.15) is 19.7 Å². The molecule has 1 heterocycles. The normalized spacial score (nSPS) is 11.0. The molecule has 3 aromatic rings. The summed E-state index contributed by atoms with van der Waals surface area (Å²) in [4.78, 5) is 33.7. The lowest BCUT2D eigenvalue weighted by Gasteiger charge is -2.26. The summed E-state index contributed by atoms with van der Waals surface area (Å²) in [6, 6.07) is 11.7. The molecule has 0 fully saturated rings. The number of fused-ring (bicyclic) bond motifs is 1. The molecule has 0 aliphatic heterocycles. The van der Waals surface area contributed by atoms with E-state index in [0.717, 1.165) is 0 Å². The molecule has 0 saturated carbocycles. The van der Waals surface area contributed by atoms with Crippen LogP contribution in [0, 0.1) is 0 Å². The number of hydrogen-bond donors (Lipinski definition) is 1. The molecule has 0 spiro atoms. The van der Waals surface area contributed by atoms with Crippen LogP contribution >= 0.6 is 23.2 Å². The fourth-order valence-corrected chi connectivity index (χ4v) is 3.21. The van der Waals surface area contributed by atoms with Gasteiger partial charge in [0.05, 0.1) is 22.5 Å². The van der Waals surface area contributed by atoms with Crippen LogP contribution in [0.4, 0.5) is 0 Å². The van der Waals surface area contributed by atoms with E-state index in [1.807, 2.05) is 19.9 Å². The van der Waals surface area contributed by atoms with E-state index in [0.29, 0.717) is 32.5 Å². The first-order valence-corrected chi connectivity index (χ1v) is 9.46. The van der Waals surface area contributed by atoms with Gasteiger partial charge in [-0.1, -0.05) is 35.3 Å². The summed E-state index contributed by atoms with van der Waals surface area (Å²) in [7, 11) is 0. The topological polar surface area (TPSA) is 75.3 Å². The number of hydrogen-bond acceptors (Lipinski definition) is 4. The lowest BCUT2D eigenvalue weighted by Crippen LogP contribution is -2.40. The van der Waals surface area contributed by atoms with E-state index >= 15 is 0 Å². The van der Waals surface area contributed by atoms with Gasteiger partial charge in [-0.15, -0.1) is 0 Å². The summed E-state index contributed by atoms with van der Waals surface area (Å²) in [5, 5.41) is 1.32. The van der Waals surface area contributed by atoms with Crippen LogP contribution in [-0.2, 0) is 11.3 Å². The second-order valence-electron chi connectivity index (χ2n) is 6.51. The highest BCUT2D eigenvalue weighted by Crippen LogP contribution is 2.27. The molecular weight excluding hydrogens is 401 g/mol. The number of nitrogens with zero attached hydrogens (tertiary/aromatic N) is 2. The maximum Gasteiger partial charge on any atom is 0.261 e. The number of carbonyl (C=O) groups is 1. The molecule has 1 amide bonds. The number of aromatic nitrogens is 2. The molecule has 146 valence electrons. The quantitative estimate of drug-likeness (QED) is 0.653. The van der Waals surface area contributed by atoms with Crippen molar-refractivity contribution in [3.63, 3.8) is 0 Å². The first-order valence-electron chi connectivity index (χ1n) is 8.70. The summed E-state index contributed by atoms with van der Waals surface area (Å²) in [6.07, 6.45) is 0. The summed E-state index contributed by atoms with van der Waals surface area (Å²) >= 11 is 11.9. The third-order valence-corrected chi connectivity index (χ3v) is 4.70. The van der Waals surface area contributed by atoms with Crippen molar-refractivity contribution >= 4 is 40.0 Å². The summed E-state index contributed by atoms with van der Waals surface area (Å²) in [5.74, 6) is 0.535. The number of nitrogens with one attached hydrogen (secondary N) is 1. The van der Waals surface area contributed by atoms with E-state index in [-0.39, 0.29) is 30.7 Å². The summed E-state index contributed by atoms with van der Waals surface area (Å²) in [6.45, 7) is 3.73. The van der Waals surface area contributed by atoms with Gasteiger partial charge >= 0.3 is 0 Å². The molecule has 0 aliphatic rings. The molecule has 0 saturated heterocycles. The number of rotatable bonds is 6. The number of carbonyl (C=O) groups excluding carboxylic acids is 1. The summed E-state index contributed by atoms with van der Waals surface area (Å²) < 4.78 is 5.54. The van der Waals surface area contributed by atoms with Crippen LogP contribution in [0.5, 0.6) is 5.75 Å². The Hall–Kier alpha value is -2.57. The van der Waals surface area contributed by atoms with E-state index in [1.165, 1.54) is 0 Å². The highest BCUT2D eigenvalue weighted by atomic mass is 35.5. The molecule has 0 aliphatic carbocycles. The molecular formula is C20H19Cl2N3O3. The number of aromatic amines is 1. The Morgan fingerprint density at radius 2 is 1.96 bits per heavy atom. The first kappa shape index (κ1) is 20.2. The van der Waals surface area contributed by atoms with E-state index in [4.69, 9.17) is 27.9 Å². The largest absolute Gasteiger partial charge is 0.482 e. The highest BCUT2D eigenvalue weighted by molar-refractivity contribution is 6.35. The fourth-order valence-electron chi connectivity index (χ4n) is 2.74. The molecule has 0 atom stereocenters. The lowest BCUT2D eigenvalue weighted by atomic mass is 10.2. The number of para-hydroxylation sites is 1. The first-order chi connectivity index (χ1) is 13.3. The smallest absolute Gasteiger partial charge is 0.261 e. The predicted molar refractivity (Wildman–Crippen MR) is 110 cm³/mol. The third-order valence-electron chi connectivity index (χ3n) is 4.17. The Morgan fingerprint density at radius 1 is 1.21 bits per heavy atom. The van der Waals surface area contributed by atoms with Crippen LogP contribution in [-0.4, -0.2) is 33.4 Å². The van der Waals surface area contributed by atoms with Crippen molar-refractivity contribution in [2.45, 2.75) is 26.4 Å². The second kappa shape index (κ2) is 8.63. The zero-order chi connectivity index (χ0) is 20.3. The molecule has 0 radical (unpaired) electrons. The van der Waals surface area contributed by atoms with Crippen molar-refractivity contribution in [2.75, 3.05) is 6.61 Å². The van der Waals surface area contributed by atoms with Crippen LogP contribution in [0.2, 0.25) is 10.0 Å². The maximum absolute atomic E-state index is 12.7. The zero-order valence-electron chi connectivity index (χ0n) is 15.4. The van der Waals surface area contributed by atoms with E-state index in [1.54, 1.807) is 41.3 Å². The number of benzene rings is 2. The monoisotopic (exact) mass is 419 g/mol. The van der Waals surface area contributed by atoms with Gasteiger partial charge in [-0.2, -0.15) is 0 Å². The van der Waals surface area contributed by atoms with Gasteiger partial charge in [0.15, 0.2) is 6.61 Å². The molecule has 1 aromatic heterocycles. The minimum atomic E-state index is -0.253. The van der Waals surface area contributed by atoms with Crippen LogP contribution in [0.25, 0.3) is 10.9 Å². The van der Waals surface area contributed by atoms with Crippen molar-refractivity contribution in [3.05, 3.63) is 68.7 Å². The molecule has 3 rings (SSSR count). The fraction of sp³-hybridized carbons (Fsp3) is 0.250. The third kappa shape index (κ3) is 4.64. The number of amides is 1. The van der Waals surface area contributed by atoms with Crippen molar-refractivity contribution in [1.29, 1.82) is 0 Å². The number of ether oxygens (including phenoxy) is 1. The van der Waals surface area contributed by atoms with Gasteiger partial charge in [0, 0.05) is 11.1 Å². The Morgan fingerprint density at radius 3 is 2.68 bits per heavy atom. The van der Waals surface area contributed by atoms with Gasteiger partial charge in [0.25, 0.3) is 11.5 Å². The van der Waals surface area contributed by atoms with Gasteiger partial charge in [-0.25, -0.2) is 4.98 Å². The SMILES string of the molecule is CC(C)N(Cc1nc2ccccc2c(=O)[nH]1)C(=O)COc1ccc(Cl)cc1Cl. The Labute approximate surface area is 172 Å². The predicted octanol–water partition coefficient (Wildman–Crippen LogP) is 4.05. The van der Waals surface area contributed by atoms with Crippen LogP contribution < -0.4 is 10.3 Å². The number of halogens is 2. The zero-order valence-corrected chi connectivity index (χ0v) is 16.9. The number of H-pyrrole nitrogens is 1. The van der Waals surface area contributed by atoms with E-state index in [2.05, 4.69) is 9.97 Å². The minimum absolute atomic E-state index is 0.117. The Kier molecular flexibility index (Phi) is 6.21. The Bertz CT molecular complexity index is 1070. The van der Waals surface area contributed by atoms with Gasteiger partial charge in [-0.3, -0.25) is 9.59 Å². The van der Waals surface area contributed by atoms with Crippen LogP contribution in [0.3, 0.4) is 0 Å². The summed E-state index contributed by atoms with van der Waals surface area (Å²) in [5.41, 5.74) is 0.350. The molecule has 8 heteroatoms. The Balaban J connectivity index is 1.76. The van der Waals surface area contributed by atoms with Crippen molar-refractivity contribution < 1.29 is 9.53 Å². The van der Waals surface area contributed by atoms with Gasteiger partial charge in [0.2, 0.25) is 0 Å². The maximum atomic E-state index is 12.7. The van der Waals surface area contributed by atoms with Crippen LogP contribution in [0.15, 0.2) is 47.3 Å². The van der Waals surface area contributed by atoms with Gasteiger partial charge < -0.3 is 14.6 Å². The van der Waals surface area contributed by atoms with E-state index < -0.39 is 0 Å². The molecule has 1 N–H and O–H groups in total. The highest BCUT2D eigenvalue weighted by Gasteiger charge is 2.20. The van der Waals surface area contributed by atoms with Crippen molar-refractivity contribution in [2.24, 2.45) is 0 Å². The van der Waals surface area contributed by atoms with Gasteiger partial charge in [0.1, 0.15) is 11.6 Å². The average molecular weight is 420 g/mol. The van der Waals surface area contributed by atoms with Gasteiger partial charge in [-0.05, 0) is 44.2 Å². The molecule has 6 nitrogen and oxygen atoms in total. The standard InChI is InChI=1S/C20H19Cl2N3O3/c1-12(2)25(19(26)11-28-17-8-7-13(21)9-15(17)22)10-18-23-16-6-4-3-5-14(16)20(27)24-18/h3-9,12H,10-11H2,1-2H3,(H,23,24,27). The molecule has 28 heavy (non-hydrogen) atoms. The second-order valence-corrected chi connectivity index (χ2v) is 7.35. The molecule has 0 unspecified atom stereocenters. The lowest BCUT2D eigenvalue weighted by molar-refractivity contribution is -0.135. The van der Waals surface area contributed by atoms with E-state index in [9.17, 15) is 9.59 Å². The van der Waals surface area contributed by atoms with Crippen molar-refractivity contribution in [3.8, 4) is 5.75 Å². The van der Waals surface area contributed by atoms with Crippen molar-refractivity contribution in [1.82, 2.24) is 14.9 Å². The molecule has 2 aromatic carbocycles. The molecule has 0 bridgehead atoms. The average Bonchev–Trinajstić information content (AvgIpc) is 2.65. The minimum Gasteiger partial charge on any atom is -0.482 e.